The molecule has 0 amide bonds. The van der Waals surface area contributed by atoms with Crippen LogP contribution in [0, 0.1) is 52.3 Å². The molecule has 5 unspecified atom stereocenters. The van der Waals surface area contributed by atoms with E-state index in [1.54, 1.807) is 12.0 Å². The largest absolute Gasteiger partial charge is 0.316 e. The van der Waals surface area contributed by atoms with Crippen molar-refractivity contribution in [2.75, 3.05) is 32.3 Å². The summed E-state index contributed by atoms with van der Waals surface area (Å²) in [6.45, 7) is 12.2. The molecule has 2 saturated heterocycles. The lowest BCUT2D eigenvalue weighted by Gasteiger charge is -2.63. The van der Waals surface area contributed by atoms with Gasteiger partial charge in [0.15, 0.2) is 0 Å². The Labute approximate surface area is 207 Å². The fraction of sp³-hybridized carbons (Fsp3) is 0.862. The van der Waals surface area contributed by atoms with Crippen LogP contribution >= 0.6 is 18.5 Å². The molecule has 2 heterocycles. The summed E-state index contributed by atoms with van der Waals surface area (Å²) >= 11 is 0. The maximum atomic E-state index is 3.75. The first-order valence-electron chi connectivity index (χ1n) is 14.1. The maximum absolute atomic E-state index is 3.75. The molecule has 0 spiro atoms. The van der Waals surface area contributed by atoms with E-state index in [1.165, 1.54) is 70.9 Å². The van der Waals surface area contributed by atoms with Crippen LogP contribution in [0.3, 0.4) is 0 Å². The van der Waals surface area contributed by atoms with Crippen LogP contribution in [-0.4, -0.2) is 37.5 Å². The molecule has 0 radical (unpaired) electrons. The zero-order valence-corrected chi connectivity index (χ0v) is 23.6. The molecule has 0 aromatic carbocycles. The molecule has 4 heteroatoms. The first kappa shape index (κ1) is 23.6. The smallest absolute Gasteiger partial charge is 0.0178 e. The number of nitrogens with one attached hydrogen (secondary N) is 2. The third-order valence-electron chi connectivity index (χ3n) is 11.4. The molecule has 2 N–H and O–H groups in total. The molecule has 4 saturated carbocycles. The van der Waals surface area contributed by atoms with E-state index >= 15 is 0 Å². The molecule has 4 bridgehead atoms. The van der Waals surface area contributed by atoms with Crippen molar-refractivity contribution in [3.63, 3.8) is 0 Å². The van der Waals surface area contributed by atoms with Crippen molar-refractivity contribution in [3.05, 3.63) is 23.3 Å². The Bertz CT molecular complexity index is 781. The molecule has 2 aliphatic heterocycles. The van der Waals surface area contributed by atoms with Gasteiger partial charge in [-0.3, -0.25) is 0 Å². The summed E-state index contributed by atoms with van der Waals surface area (Å²) in [4.78, 5) is 0. The van der Waals surface area contributed by atoms with Crippen LogP contribution in [0.25, 0.3) is 0 Å². The van der Waals surface area contributed by atoms with Gasteiger partial charge < -0.3 is 10.6 Å². The quantitative estimate of drug-likeness (QED) is 0.490. The normalized spacial score (nSPS) is 46.5. The number of allylic oxidation sites excluding steroid dienone is 4. The topological polar surface area (TPSA) is 24.1 Å². The molecule has 0 aromatic heterocycles. The first-order chi connectivity index (χ1) is 15.8. The van der Waals surface area contributed by atoms with Crippen molar-refractivity contribution < 1.29 is 0 Å². The van der Waals surface area contributed by atoms with Gasteiger partial charge in [0, 0.05) is 16.5 Å². The van der Waals surface area contributed by atoms with Gasteiger partial charge in [-0.15, -0.1) is 18.5 Å². The molecule has 7 rings (SSSR count). The number of hydrogen-bond donors (Lipinski definition) is 2. The molecule has 2 nitrogen and oxygen atoms in total. The molecule has 0 aromatic rings. The van der Waals surface area contributed by atoms with E-state index in [2.05, 4.69) is 62.0 Å². The Morgan fingerprint density at radius 2 is 1.42 bits per heavy atom. The molecule has 5 atom stereocenters. The highest BCUT2D eigenvalue weighted by atomic mass is 31.0. The Kier molecular flexibility index (Phi) is 6.02. The Hall–Kier alpha value is 0.260. The van der Waals surface area contributed by atoms with Crippen LogP contribution in [0.4, 0.5) is 0 Å². The third-order valence-corrected chi connectivity index (χ3v) is 13.3. The first-order valence-corrected chi connectivity index (χ1v) is 15.5. The highest BCUT2D eigenvalue weighted by Crippen LogP contribution is 2.69. The number of hydrogen-bond acceptors (Lipinski definition) is 2. The van der Waals surface area contributed by atoms with Crippen molar-refractivity contribution in [1.29, 1.82) is 0 Å². The van der Waals surface area contributed by atoms with E-state index in [1.807, 2.05) is 5.57 Å². The van der Waals surface area contributed by atoms with Crippen LogP contribution < -0.4 is 10.6 Å². The van der Waals surface area contributed by atoms with E-state index in [9.17, 15) is 0 Å². The molecule has 7 aliphatic rings. The summed E-state index contributed by atoms with van der Waals surface area (Å²) in [5.41, 5.74) is 4.31. The van der Waals surface area contributed by atoms with Crippen molar-refractivity contribution in [1.82, 2.24) is 10.6 Å². The van der Waals surface area contributed by atoms with Gasteiger partial charge in [-0.1, -0.05) is 32.9 Å². The Morgan fingerprint density at radius 3 is 1.85 bits per heavy atom. The van der Waals surface area contributed by atoms with Gasteiger partial charge in [0.05, 0.1) is 0 Å². The van der Waals surface area contributed by atoms with Gasteiger partial charge in [-0.25, -0.2) is 0 Å². The summed E-state index contributed by atoms with van der Waals surface area (Å²) in [5, 5.41) is 7.71. The van der Waals surface area contributed by atoms with Gasteiger partial charge in [0.1, 0.15) is 0 Å². The van der Waals surface area contributed by atoms with Crippen LogP contribution in [0.5, 0.6) is 0 Å². The fourth-order valence-electron chi connectivity index (χ4n) is 9.68. The molecule has 5 aliphatic carbocycles. The predicted octanol–water partition coefficient (Wildman–Crippen LogP) is 5.67. The average Bonchev–Trinajstić information content (AvgIpc) is 3.55. The zero-order valence-electron chi connectivity index (χ0n) is 21.3. The van der Waals surface area contributed by atoms with Crippen molar-refractivity contribution in [2.45, 2.75) is 70.9 Å². The second-order valence-corrected chi connectivity index (χ2v) is 15.3. The highest BCUT2D eigenvalue weighted by molar-refractivity contribution is 7.19. The summed E-state index contributed by atoms with van der Waals surface area (Å²) < 4.78 is 0. The van der Waals surface area contributed by atoms with Crippen LogP contribution in [0.1, 0.15) is 65.7 Å². The molecule has 6 fully saturated rings. The van der Waals surface area contributed by atoms with E-state index in [0.29, 0.717) is 11.3 Å². The number of rotatable bonds is 5. The minimum absolute atomic E-state index is 0.209. The SMILES string of the molecule is CC(C)(C)C1C=C(C(P)(C2CCNC2)C2CCNC2)C(C2(CP)C3CC4CC(C3)CC2C4)=C1. The summed E-state index contributed by atoms with van der Waals surface area (Å²) in [6.07, 6.45) is 17.1. The second kappa shape index (κ2) is 8.40. The molecular formula is C29H48N2P2. The van der Waals surface area contributed by atoms with E-state index in [4.69, 9.17) is 0 Å². The van der Waals surface area contributed by atoms with Gasteiger partial charge in [0.25, 0.3) is 0 Å². The lowest BCUT2D eigenvalue weighted by Crippen LogP contribution is -2.56. The van der Waals surface area contributed by atoms with E-state index in [-0.39, 0.29) is 10.6 Å². The lowest BCUT2D eigenvalue weighted by molar-refractivity contribution is -0.0739. The van der Waals surface area contributed by atoms with E-state index < -0.39 is 0 Å². The van der Waals surface area contributed by atoms with Gasteiger partial charge in [-0.2, -0.15) is 0 Å². The minimum Gasteiger partial charge on any atom is -0.316 e. The molecular weight excluding hydrogens is 438 g/mol. The lowest BCUT2D eigenvalue weighted by atomic mass is 9.43. The van der Waals surface area contributed by atoms with Gasteiger partial charge in [0.2, 0.25) is 0 Å². The monoisotopic (exact) mass is 486 g/mol. The average molecular weight is 487 g/mol. The summed E-state index contributed by atoms with van der Waals surface area (Å²) in [6, 6.07) is 0. The van der Waals surface area contributed by atoms with Crippen LogP contribution in [0.15, 0.2) is 23.3 Å². The van der Waals surface area contributed by atoms with Crippen LogP contribution in [0.2, 0.25) is 0 Å². The fourth-order valence-corrected chi connectivity index (χ4v) is 11.4. The predicted molar refractivity (Wildman–Crippen MR) is 148 cm³/mol. The minimum atomic E-state index is 0.209. The molecule has 33 heavy (non-hydrogen) atoms. The van der Waals surface area contributed by atoms with Gasteiger partial charge in [-0.05, 0) is 129 Å². The Morgan fingerprint density at radius 1 is 0.879 bits per heavy atom. The highest BCUT2D eigenvalue weighted by Gasteiger charge is 2.61. The van der Waals surface area contributed by atoms with Crippen molar-refractivity contribution >= 4 is 18.5 Å². The summed E-state index contributed by atoms with van der Waals surface area (Å²) in [7, 11) is 6.85. The Balaban J connectivity index is 1.49. The maximum Gasteiger partial charge on any atom is 0.0178 e. The molecule has 184 valence electrons. The summed E-state index contributed by atoms with van der Waals surface area (Å²) in [5.74, 6) is 5.93. The third kappa shape index (κ3) is 3.55. The van der Waals surface area contributed by atoms with Gasteiger partial charge >= 0.3 is 0 Å². The second-order valence-electron chi connectivity index (χ2n) is 13.9. The van der Waals surface area contributed by atoms with Crippen LogP contribution in [-0.2, 0) is 0 Å². The standard InChI is InChI=1S/C29H48N2P2/c1-27(2,3)22-13-25(28(17-32)23-9-18-8-19(11-23)12-24(28)10-18)26(14-22)29(33,20-4-6-30-15-20)21-5-7-31-16-21/h13-14,18-24,30-31H,4-12,15-17,32-33H2,1-3H3. The zero-order chi connectivity index (χ0) is 23.0. The van der Waals surface area contributed by atoms with Crippen molar-refractivity contribution in [3.8, 4) is 0 Å². The van der Waals surface area contributed by atoms with Crippen molar-refractivity contribution in [2.24, 2.45) is 52.3 Å². The van der Waals surface area contributed by atoms with E-state index in [0.717, 1.165) is 35.5 Å².